The van der Waals surface area contributed by atoms with Gasteiger partial charge in [0, 0.05) is 12.7 Å². The molecule has 0 aromatic heterocycles. The normalized spacial score (nSPS) is 17.9. The van der Waals surface area contributed by atoms with E-state index < -0.39 is 6.80 Å². The monoisotopic (exact) mass is 146 g/mol. The van der Waals surface area contributed by atoms with E-state index in [1.54, 1.807) is 6.20 Å². The average molecular weight is 146 g/mol. The van der Waals surface area contributed by atoms with E-state index in [1.165, 1.54) is 4.90 Å². The smallest absolute Gasteiger partial charge is 0.175 e. The number of hydrogen-bond acceptors (Lipinski definition) is 1. The number of nitrogens with zero attached hydrogens (tertiary/aromatic N) is 1. The molecule has 0 spiro atoms. The van der Waals surface area contributed by atoms with Gasteiger partial charge in [-0.3, -0.25) is 4.90 Å². The van der Waals surface area contributed by atoms with Crippen LogP contribution in [0.2, 0.25) is 0 Å². The first-order valence-electron chi connectivity index (χ1n) is 2.61. The van der Waals surface area contributed by atoms with Gasteiger partial charge in [-0.1, -0.05) is 0 Å². The van der Waals surface area contributed by atoms with Crippen LogP contribution in [-0.2, 0) is 0 Å². The Morgan fingerprint density at radius 1 is 1.89 bits per heavy atom. The van der Waals surface area contributed by atoms with Crippen molar-refractivity contribution in [3.05, 3.63) is 12.3 Å². The van der Waals surface area contributed by atoms with Crippen molar-refractivity contribution in [3.8, 4) is 0 Å². The van der Waals surface area contributed by atoms with Crippen molar-refractivity contribution >= 4 is 17.3 Å². The van der Waals surface area contributed by atoms with Crippen LogP contribution in [0.1, 0.15) is 0 Å². The van der Waals surface area contributed by atoms with Crippen molar-refractivity contribution < 1.29 is 4.39 Å². The van der Waals surface area contributed by atoms with Gasteiger partial charge in [0.1, 0.15) is 0 Å². The molecule has 1 aliphatic rings. The van der Waals surface area contributed by atoms with Gasteiger partial charge in [-0.15, -0.1) is 0 Å². The van der Waals surface area contributed by atoms with Crippen LogP contribution in [0.3, 0.4) is 0 Å². The summed E-state index contributed by atoms with van der Waals surface area (Å²) in [6, 6.07) is 0. The molecule has 0 saturated heterocycles. The van der Waals surface area contributed by atoms with Crippen molar-refractivity contribution in [3.63, 3.8) is 0 Å². The summed E-state index contributed by atoms with van der Waals surface area (Å²) in [5.41, 5.74) is 0. The number of hydrogen-bond donors (Lipinski definition) is 1. The molecule has 9 heavy (non-hydrogen) atoms. The minimum Gasteiger partial charge on any atom is -0.359 e. The third kappa shape index (κ3) is 1.38. The summed E-state index contributed by atoms with van der Waals surface area (Å²) in [4.78, 5) is 1.33. The summed E-state index contributed by atoms with van der Waals surface area (Å²) in [7, 11) is 0. The molecule has 0 aromatic carbocycles. The van der Waals surface area contributed by atoms with Crippen molar-refractivity contribution in [2.75, 3.05) is 13.3 Å². The Labute approximate surface area is 58.3 Å². The number of rotatable bonds is 1. The van der Waals surface area contributed by atoms with Crippen molar-refractivity contribution in [2.45, 2.75) is 0 Å². The molecule has 1 aliphatic heterocycles. The summed E-state index contributed by atoms with van der Waals surface area (Å²) in [5.74, 6) is 0. The molecular weight excluding hydrogens is 139 g/mol. The fraction of sp³-hybridized carbons (Fsp3) is 0.400. The Hall–Kier alpha value is -0.640. The van der Waals surface area contributed by atoms with Crippen molar-refractivity contribution in [2.24, 2.45) is 0 Å². The van der Waals surface area contributed by atoms with Gasteiger partial charge < -0.3 is 5.32 Å². The van der Waals surface area contributed by atoms with E-state index in [-0.39, 0.29) is 0 Å². The highest BCUT2D eigenvalue weighted by atomic mass is 32.1. The molecule has 0 aromatic rings. The Kier molecular flexibility index (Phi) is 2.00. The lowest BCUT2D eigenvalue weighted by atomic mass is 10.5. The number of alkyl halides is 1. The second-order valence-electron chi connectivity index (χ2n) is 1.66. The van der Waals surface area contributed by atoms with Gasteiger partial charge in [0.25, 0.3) is 0 Å². The molecule has 2 nitrogen and oxygen atoms in total. The molecule has 1 N–H and O–H groups in total. The van der Waals surface area contributed by atoms with E-state index in [0.29, 0.717) is 11.7 Å². The molecule has 0 amide bonds. The van der Waals surface area contributed by atoms with E-state index >= 15 is 0 Å². The highest BCUT2D eigenvalue weighted by Gasteiger charge is 2.06. The predicted molar refractivity (Wildman–Crippen MR) is 37.6 cm³/mol. The Morgan fingerprint density at radius 3 is 3.11 bits per heavy atom. The Bertz CT molecular complexity index is 146. The molecule has 0 atom stereocenters. The van der Waals surface area contributed by atoms with Gasteiger partial charge >= 0.3 is 0 Å². The molecule has 50 valence electrons. The minimum absolute atomic E-state index is 0.458. The zero-order valence-electron chi connectivity index (χ0n) is 4.80. The average Bonchev–Trinajstić information content (AvgIpc) is 1.89. The lowest BCUT2D eigenvalue weighted by molar-refractivity contribution is 0.338. The molecule has 0 radical (unpaired) electrons. The van der Waals surface area contributed by atoms with Crippen LogP contribution < -0.4 is 5.32 Å². The highest BCUT2D eigenvalue weighted by molar-refractivity contribution is 7.80. The van der Waals surface area contributed by atoms with Crippen LogP contribution in [0.25, 0.3) is 0 Å². The lowest BCUT2D eigenvalue weighted by Gasteiger charge is -2.21. The molecule has 4 heteroatoms. The van der Waals surface area contributed by atoms with E-state index in [0.717, 1.165) is 0 Å². The third-order valence-electron chi connectivity index (χ3n) is 1.05. The van der Waals surface area contributed by atoms with Gasteiger partial charge in [0.2, 0.25) is 0 Å². The van der Waals surface area contributed by atoms with E-state index in [4.69, 9.17) is 12.2 Å². The molecular formula is C5H7FN2S. The maximum absolute atomic E-state index is 11.9. The van der Waals surface area contributed by atoms with Crippen LogP contribution in [0.15, 0.2) is 12.3 Å². The molecule has 0 bridgehead atoms. The second kappa shape index (κ2) is 2.77. The maximum Gasteiger partial charge on any atom is 0.175 e. The molecule has 0 unspecified atom stereocenters. The fourth-order valence-electron chi connectivity index (χ4n) is 0.590. The van der Waals surface area contributed by atoms with Crippen LogP contribution in [-0.4, -0.2) is 23.4 Å². The standard InChI is InChI=1S/C5H7FN2S/c6-4-8-3-1-2-7-5(8)9/h1,3H,2,4H2,(H,7,9). The summed E-state index contributed by atoms with van der Waals surface area (Å²) >= 11 is 4.75. The molecule has 1 heterocycles. The minimum atomic E-state index is -0.553. The van der Waals surface area contributed by atoms with Gasteiger partial charge in [-0.2, -0.15) is 0 Å². The van der Waals surface area contributed by atoms with Crippen LogP contribution >= 0.6 is 12.2 Å². The van der Waals surface area contributed by atoms with Crippen LogP contribution in [0, 0.1) is 0 Å². The Morgan fingerprint density at radius 2 is 2.67 bits per heavy atom. The molecule has 0 fully saturated rings. The summed E-state index contributed by atoms with van der Waals surface area (Å²) in [5, 5.41) is 3.27. The zero-order chi connectivity index (χ0) is 6.69. The zero-order valence-corrected chi connectivity index (χ0v) is 5.62. The lowest BCUT2D eigenvalue weighted by Crippen LogP contribution is -2.39. The van der Waals surface area contributed by atoms with Gasteiger partial charge in [-0.25, -0.2) is 4.39 Å². The fourth-order valence-corrected chi connectivity index (χ4v) is 0.783. The summed E-state index contributed by atoms with van der Waals surface area (Å²) in [6.45, 7) is 0.150. The highest BCUT2D eigenvalue weighted by Crippen LogP contribution is 1.95. The Balaban J connectivity index is 2.57. The maximum atomic E-state index is 11.9. The quantitative estimate of drug-likeness (QED) is 0.431. The molecule has 0 aliphatic carbocycles. The first-order chi connectivity index (χ1) is 4.34. The largest absolute Gasteiger partial charge is 0.359 e. The predicted octanol–water partition coefficient (Wildman–Crippen LogP) is 0.617. The molecule has 1 rings (SSSR count). The van der Waals surface area contributed by atoms with Crippen molar-refractivity contribution in [1.29, 1.82) is 0 Å². The van der Waals surface area contributed by atoms with Crippen LogP contribution in [0.5, 0.6) is 0 Å². The van der Waals surface area contributed by atoms with E-state index in [2.05, 4.69) is 5.32 Å². The topological polar surface area (TPSA) is 15.3 Å². The SMILES string of the molecule is FCN1C=CCNC1=S. The van der Waals surface area contributed by atoms with Gasteiger partial charge in [0.05, 0.1) is 0 Å². The third-order valence-corrected chi connectivity index (χ3v) is 1.42. The summed E-state index contributed by atoms with van der Waals surface area (Å²) < 4.78 is 11.9. The van der Waals surface area contributed by atoms with Gasteiger partial charge in [-0.05, 0) is 18.3 Å². The van der Waals surface area contributed by atoms with Gasteiger partial charge in [0.15, 0.2) is 11.9 Å². The second-order valence-corrected chi connectivity index (χ2v) is 2.05. The number of nitrogens with one attached hydrogen (secondary N) is 1. The number of thiocarbonyl (C=S) groups is 1. The van der Waals surface area contributed by atoms with Crippen molar-refractivity contribution in [1.82, 2.24) is 10.2 Å². The molecule has 0 saturated carbocycles. The van der Waals surface area contributed by atoms with E-state index in [9.17, 15) is 4.39 Å². The first kappa shape index (κ1) is 6.48. The first-order valence-corrected chi connectivity index (χ1v) is 3.02. The summed E-state index contributed by atoms with van der Waals surface area (Å²) in [6.07, 6.45) is 3.45. The van der Waals surface area contributed by atoms with E-state index in [1.807, 2.05) is 6.08 Å². The van der Waals surface area contributed by atoms with Crippen LogP contribution in [0.4, 0.5) is 4.39 Å². The number of halogens is 1.